The van der Waals surface area contributed by atoms with Crippen LogP contribution in [0.2, 0.25) is 0 Å². The van der Waals surface area contributed by atoms with Gasteiger partial charge in [0.05, 0.1) is 12.2 Å². The maximum atomic E-state index is 10.7. The summed E-state index contributed by atoms with van der Waals surface area (Å²) in [5.41, 5.74) is 1.94. The zero-order valence-electron chi connectivity index (χ0n) is 13.7. The van der Waals surface area contributed by atoms with Crippen molar-refractivity contribution in [1.82, 2.24) is 0 Å². The molecular weight excluding hydrogens is 252 g/mol. The lowest BCUT2D eigenvalue weighted by molar-refractivity contribution is -0.142. The van der Waals surface area contributed by atoms with Crippen LogP contribution >= 0.6 is 0 Å². The summed E-state index contributed by atoms with van der Waals surface area (Å²) in [4.78, 5) is 10.7. The van der Waals surface area contributed by atoms with Gasteiger partial charge in [-0.15, -0.1) is 0 Å². The van der Waals surface area contributed by atoms with Crippen molar-refractivity contribution < 1.29 is 14.6 Å². The normalized spacial score (nSPS) is 14.6. The van der Waals surface area contributed by atoms with Crippen molar-refractivity contribution in [2.45, 2.75) is 72.3 Å². The number of carbonyl (C=O) groups excluding carboxylic acids is 1. The smallest absolute Gasteiger partial charge is 0.302 e. The van der Waals surface area contributed by atoms with Crippen LogP contribution in [-0.2, 0) is 9.53 Å². The Morgan fingerprint density at radius 1 is 1.10 bits per heavy atom. The summed E-state index contributed by atoms with van der Waals surface area (Å²) in [5.74, 6) is -0.296. The van der Waals surface area contributed by atoms with E-state index >= 15 is 0 Å². The first-order valence-corrected chi connectivity index (χ1v) is 7.38. The molecule has 0 aromatic carbocycles. The maximum Gasteiger partial charge on any atom is 0.302 e. The molecule has 0 amide bonds. The van der Waals surface area contributed by atoms with Crippen molar-refractivity contribution in [2.24, 2.45) is 0 Å². The molecule has 0 radical (unpaired) electrons. The molecule has 3 heteroatoms. The molecule has 0 heterocycles. The minimum Gasteiger partial charge on any atom is -0.466 e. The maximum absolute atomic E-state index is 10.7. The lowest BCUT2D eigenvalue weighted by atomic mass is 9.95. The Labute approximate surface area is 123 Å². The van der Waals surface area contributed by atoms with Crippen LogP contribution in [0.5, 0.6) is 0 Å². The average Bonchev–Trinajstić information content (AvgIpc) is 2.27. The third-order valence-electron chi connectivity index (χ3n) is 3.21. The Balaban J connectivity index is 3.94. The SMILES string of the molecule is CC(=O)OCCC(C)(O)CC/C=C(\C)CCC=C(C)C. The van der Waals surface area contributed by atoms with Gasteiger partial charge in [0.2, 0.25) is 0 Å². The quantitative estimate of drug-likeness (QED) is 0.510. The minimum atomic E-state index is -0.772. The number of hydrogen-bond acceptors (Lipinski definition) is 3. The molecule has 0 saturated carbocycles. The molecule has 116 valence electrons. The molecule has 0 rings (SSSR count). The number of esters is 1. The van der Waals surface area contributed by atoms with Crippen LogP contribution < -0.4 is 0 Å². The third kappa shape index (κ3) is 12.0. The fraction of sp³-hybridized carbons (Fsp3) is 0.706. The highest BCUT2D eigenvalue weighted by molar-refractivity contribution is 5.65. The van der Waals surface area contributed by atoms with Crippen molar-refractivity contribution in [3.63, 3.8) is 0 Å². The standard InChI is InChI=1S/C17H30O3/c1-14(2)8-6-9-15(3)10-7-11-17(5,19)12-13-20-16(4)18/h8,10,19H,6-7,9,11-13H2,1-5H3/b15-10+. The molecule has 1 N–H and O–H groups in total. The summed E-state index contributed by atoms with van der Waals surface area (Å²) in [7, 11) is 0. The van der Waals surface area contributed by atoms with E-state index in [4.69, 9.17) is 4.74 Å². The lowest BCUT2D eigenvalue weighted by Gasteiger charge is -2.22. The second-order valence-corrected chi connectivity index (χ2v) is 6.00. The van der Waals surface area contributed by atoms with Crippen molar-refractivity contribution in [3.8, 4) is 0 Å². The molecule has 1 atom stereocenters. The molecule has 0 bridgehead atoms. The van der Waals surface area contributed by atoms with Crippen LogP contribution in [0.1, 0.15) is 66.7 Å². The molecule has 0 saturated heterocycles. The fourth-order valence-electron chi connectivity index (χ4n) is 1.86. The van der Waals surface area contributed by atoms with Gasteiger partial charge >= 0.3 is 5.97 Å². The number of hydrogen-bond donors (Lipinski definition) is 1. The highest BCUT2D eigenvalue weighted by atomic mass is 16.5. The molecule has 20 heavy (non-hydrogen) atoms. The summed E-state index contributed by atoms with van der Waals surface area (Å²) >= 11 is 0. The summed E-state index contributed by atoms with van der Waals surface area (Å²) in [5, 5.41) is 10.2. The van der Waals surface area contributed by atoms with Gasteiger partial charge in [-0.2, -0.15) is 0 Å². The number of aliphatic hydroxyl groups is 1. The van der Waals surface area contributed by atoms with E-state index in [1.165, 1.54) is 18.1 Å². The van der Waals surface area contributed by atoms with Gasteiger partial charge in [-0.1, -0.05) is 23.3 Å². The second kappa shape index (κ2) is 9.76. The van der Waals surface area contributed by atoms with E-state index in [0.717, 1.165) is 19.3 Å². The molecule has 0 aliphatic rings. The largest absolute Gasteiger partial charge is 0.466 e. The number of rotatable bonds is 9. The zero-order valence-corrected chi connectivity index (χ0v) is 13.7. The summed E-state index contributed by atoms with van der Waals surface area (Å²) < 4.78 is 4.86. The van der Waals surface area contributed by atoms with Crippen LogP contribution in [0.3, 0.4) is 0 Å². The second-order valence-electron chi connectivity index (χ2n) is 6.00. The van der Waals surface area contributed by atoms with Gasteiger partial charge in [-0.05, 0) is 53.4 Å². The molecule has 0 aliphatic heterocycles. The lowest BCUT2D eigenvalue weighted by Crippen LogP contribution is -2.26. The number of carbonyl (C=O) groups is 1. The fourth-order valence-corrected chi connectivity index (χ4v) is 1.86. The molecule has 3 nitrogen and oxygen atoms in total. The third-order valence-corrected chi connectivity index (χ3v) is 3.21. The number of allylic oxidation sites excluding steroid dienone is 4. The Morgan fingerprint density at radius 3 is 2.30 bits per heavy atom. The van der Waals surface area contributed by atoms with Crippen LogP contribution in [0.25, 0.3) is 0 Å². The molecule has 1 unspecified atom stereocenters. The van der Waals surface area contributed by atoms with Crippen LogP contribution in [-0.4, -0.2) is 23.3 Å². The Kier molecular flexibility index (Phi) is 9.23. The van der Waals surface area contributed by atoms with Crippen molar-refractivity contribution in [2.75, 3.05) is 6.61 Å². The van der Waals surface area contributed by atoms with Gasteiger partial charge in [0.15, 0.2) is 0 Å². The molecule has 0 aromatic rings. The van der Waals surface area contributed by atoms with Crippen molar-refractivity contribution >= 4 is 5.97 Å². The van der Waals surface area contributed by atoms with E-state index in [9.17, 15) is 9.90 Å². The summed E-state index contributed by atoms with van der Waals surface area (Å²) in [6.07, 6.45) is 8.61. The highest BCUT2D eigenvalue weighted by Crippen LogP contribution is 2.18. The first-order chi connectivity index (χ1) is 9.23. The van der Waals surface area contributed by atoms with Crippen LogP contribution in [0.4, 0.5) is 0 Å². The van der Waals surface area contributed by atoms with Gasteiger partial charge in [0.1, 0.15) is 0 Å². The monoisotopic (exact) mass is 282 g/mol. The predicted molar refractivity (Wildman–Crippen MR) is 83.5 cm³/mol. The molecule has 0 aromatic heterocycles. The number of ether oxygens (including phenoxy) is 1. The average molecular weight is 282 g/mol. The first-order valence-electron chi connectivity index (χ1n) is 7.38. The van der Waals surface area contributed by atoms with Gasteiger partial charge in [0, 0.05) is 13.3 Å². The van der Waals surface area contributed by atoms with Gasteiger partial charge < -0.3 is 9.84 Å². The van der Waals surface area contributed by atoms with Gasteiger partial charge in [-0.3, -0.25) is 4.79 Å². The Morgan fingerprint density at radius 2 is 1.75 bits per heavy atom. The van der Waals surface area contributed by atoms with E-state index in [1.54, 1.807) is 6.92 Å². The molecule has 0 spiro atoms. The van der Waals surface area contributed by atoms with Crippen molar-refractivity contribution in [3.05, 3.63) is 23.3 Å². The molecule has 0 aliphatic carbocycles. The van der Waals surface area contributed by atoms with E-state index in [2.05, 4.69) is 32.9 Å². The van der Waals surface area contributed by atoms with Crippen LogP contribution in [0, 0.1) is 0 Å². The minimum absolute atomic E-state index is 0.283. The van der Waals surface area contributed by atoms with E-state index < -0.39 is 5.60 Å². The predicted octanol–water partition coefficient (Wildman–Crippen LogP) is 4.16. The van der Waals surface area contributed by atoms with E-state index in [1.807, 2.05) is 0 Å². The zero-order chi connectivity index (χ0) is 15.6. The Bertz CT molecular complexity index is 347. The van der Waals surface area contributed by atoms with E-state index in [-0.39, 0.29) is 12.6 Å². The molecular formula is C17H30O3. The topological polar surface area (TPSA) is 46.5 Å². The summed E-state index contributed by atoms with van der Waals surface area (Å²) in [6.45, 7) is 9.81. The van der Waals surface area contributed by atoms with Crippen LogP contribution in [0.15, 0.2) is 23.3 Å². The van der Waals surface area contributed by atoms with Gasteiger partial charge in [0.25, 0.3) is 0 Å². The van der Waals surface area contributed by atoms with E-state index in [0.29, 0.717) is 12.8 Å². The Hall–Kier alpha value is -1.09. The van der Waals surface area contributed by atoms with Crippen molar-refractivity contribution in [1.29, 1.82) is 0 Å². The first kappa shape index (κ1) is 18.9. The highest BCUT2D eigenvalue weighted by Gasteiger charge is 2.19. The molecule has 0 fully saturated rings. The summed E-state index contributed by atoms with van der Waals surface area (Å²) in [6, 6.07) is 0. The van der Waals surface area contributed by atoms with Gasteiger partial charge in [-0.25, -0.2) is 0 Å².